The summed E-state index contributed by atoms with van der Waals surface area (Å²) in [6.07, 6.45) is 8.32. The van der Waals surface area contributed by atoms with E-state index < -0.39 is 0 Å². The van der Waals surface area contributed by atoms with Gasteiger partial charge in [0.1, 0.15) is 28.7 Å². The Hall–Kier alpha value is -4.77. The maximum Gasteiger partial charge on any atom is 0.222 e. The van der Waals surface area contributed by atoms with Crippen molar-refractivity contribution in [3.63, 3.8) is 0 Å². The molecule has 0 bridgehead atoms. The summed E-state index contributed by atoms with van der Waals surface area (Å²) in [6.45, 7) is 2.00. The van der Waals surface area contributed by atoms with Crippen molar-refractivity contribution < 1.29 is 9.15 Å². The van der Waals surface area contributed by atoms with E-state index in [9.17, 15) is 0 Å². The average Bonchev–Trinajstić information content (AvgIpc) is 3.72. The molecule has 4 N–H and O–H groups in total. The number of furan rings is 1. The lowest BCUT2D eigenvalue weighted by Gasteiger charge is -2.15. The van der Waals surface area contributed by atoms with Crippen LogP contribution in [0.2, 0.25) is 0 Å². The van der Waals surface area contributed by atoms with Gasteiger partial charge >= 0.3 is 0 Å². The number of benzene rings is 1. The Labute approximate surface area is 217 Å². The SMILES string of the molecule is Cc1cnc2ccc(-c3c(-c4ccco4)nc(N)nc3-n3nnc4cc(O[C@H]5CC[C@@H](N)C5)ccc43)cn12. The second-order valence-corrected chi connectivity index (χ2v) is 9.62. The lowest BCUT2D eigenvalue weighted by molar-refractivity contribution is 0.208. The number of nitrogens with two attached hydrogens (primary N) is 2. The van der Waals surface area contributed by atoms with E-state index in [4.69, 9.17) is 20.6 Å². The number of pyridine rings is 1. The smallest absolute Gasteiger partial charge is 0.222 e. The fraction of sp³-hybridized carbons (Fsp3) is 0.222. The van der Waals surface area contributed by atoms with Crippen molar-refractivity contribution in [1.29, 1.82) is 0 Å². The van der Waals surface area contributed by atoms with Crippen LogP contribution in [0.15, 0.2) is 65.5 Å². The molecule has 0 saturated heterocycles. The zero-order chi connectivity index (χ0) is 25.8. The molecule has 1 fully saturated rings. The highest BCUT2D eigenvalue weighted by molar-refractivity contribution is 5.87. The Morgan fingerprint density at radius 3 is 2.84 bits per heavy atom. The third-order valence-electron chi connectivity index (χ3n) is 6.99. The molecule has 0 radical (unpaired) electrons. The van der Waals surface area contributed by atoms with Gasteiger partial charge in [-0.25, -0.2) is 9.97 Å². The maximum atomic E-state index is 6.22. The van der Waals surface area contributed by atoms with Crippen LogP contribution in [0.25, 0.3) is 45.1 Å². The van der Waals surface area contributed by atoms with Crippen LogP contribution in [0, 0.1) is 6.92 Å². The predicted molar refractivity (Wildman–Crippen MR) is 142 cm³/mol. The lowest BCUT2D eigenvalue weighted by Crippen LogP contribution is -2.19. The minimum Gasteiger partial charge on any atom is -0.490 e. The summed E-state index contributed by atoms with van der Waals surface area (Å²) >= 11 is 0. The van der Waals surface area contributed by atoms with E-state index >= 15 is 0 Å². The first kappa shape index (κ1) is 22.4. The van der Waals surface area contributed by atoms with Gasteiger partial charge in [-0.05, 0) is 62.6 Å². The van der Waals surface area contributed by atoms with Gasteiger partial charge in [0.05, 0.1) is 17.3 Å². The molecular weight excluding hydrogens is 482 g/mol. The zero-order valence-corrected chi connectivity index (χ0v) is 20.7. The molecule has 2 atom stereocenters. The molecule has 0 spiro atoms. The molecule has 5 heterocycles. The molecule has 7 rings (SSSR count). The van der Waals surface area contributed by atoms with Crippen LogP contribution in [-0.4, -0.2) is 46.5 Å². The molecule has 6 aromatic rings. The molecule has 0 amide bonds. The molecule has 5 aromatic heterocycles. The van der Waals surface area contributed by atoms with Crippen molar-refractivity contribution in [2.75, 3.05) is 5.73 Å². The normalized spacial score (nSPS) is 17.5. The molecule has 1 saturated carbocycles. The largest absolute Gasteiger partial charge is 0.490 e. The van der Waals surface area contributed by atoms with E-state index in [0.717, 1.165) is 47.4 Å². The van der Waals surface area contributed by atoms with Crippen LogP contribution in [-0.2, 0) is 0 Å². The molecule has 38 heavy (non-hydrogen) atoms. The number of nitrogens with zero attached hydrogens (tertiary/aromatic N) is 7. The summed E-state index contributed by atoms with van der Waals surface area (Å²) in [4.78, 5) is 13.6. The van der Waals surface area contributed by atoms with Gasteiger partial charge < -0.3 is 25.0 Å². The summed E-state index contributed by atoms with van der Waals surface area (Å²) in [6, 6.07) is 13.5. The van der Waals surface area contributed by atoms with E-state index in [1.807, 2.05) is 66.2 Å². The maximum absolute atomic E-state index is 6.22. The van der Waals surface area contributed by atoms with Crippen LogP contribution in [0.3, 0.4) is 0 Å². The monoisotopic (exact) mass is 507 g/mol. The third-order valence-corrected chi connectivity index (χ3v) is 6.99. The molecule has 0 unspecified atom stereocenters. The number of rotatable bonds is 5. The van der Waals surface area contributed by atoms with Gasteiger partial charge in [0.25, 0.3) is 0 Å². The molecule has 0 aliphatic heterocycles. The first-order valence-corrected chi connectivity index (χ1v) is 12.5. The van der Waals surface area contributed by atoms with E-state index in [-0.39, 0.29) is 18.1 Å². The molecule has 1 aliphatic rings. The predicted octanol–water partition coefficient (Wildman–Crippen LogP) is 3.93. The number of anilines is 1. The second-order valence-electron chi connectivity index (χ2n) is 9.62. The van der Waals surface area contributed by atoms with Crippen LogP contribution in [0.5, 0.6) is 5.75 Å². The number of fused-ring (bicyclic) bond motifs is 2. The number of hydrogen-bond donors (Lipinski definition) is 2. The lowest BCUT2D eigenvalue weighted by atomic mass is 10.0. The van der Waals surface area contributed by atoms with E-state index in [2.05, 4.69) is 25.3 Å². The Morgan fingerprint density at radius 1 is 1.11 bits per heavy atom. The Balaban J connectivity index is 1.40. The molecule has 1 aromatic carbocycles. The fourth-order valence-electron chi connectivity index (χ4n) is 5.13. The Kier molecular flexibility index (Phi) is 5.11. The first-order chi connectivity index (χ1) is 18.5. The minimum atomic E-state index is 0.0937. The topological polar surface area (TPSA) is 148 Å². The highest BCUT2D eigenvalue weighted by Gasteiger charge is 2.25. The summed E-state index contributed by atoms with van der Waals surface area (Å²) < 4.78 is 15.6. The standard InChI is InChI=1S/C27H25N9O2/c1-15-13-30-23-9-4-16(14-35(15)23)24-25(22-3-2-10-37-22)31-27(29)32-26(24)36-21-8-7-19(12-20(21)33-34-36)38-18-6-5-17(28)11-18/h2-4,7-10,12-14,17-18H,5-6,11,28H2,1H3,(H2,29,31,32)/t17-,18+/m1/s1. The molecular formula is C27H25N9O2. The number of aryl methyl sites for hydroxylation is 1. The summed E-state index contributed by atoms with van der Waals surface area (Å²) in [7, 11) is 0. The Bertz CT molecular complexity index is 1790. The molecule has 11 heteroatoms. The van der Waals surface area contributed by atoms with Crippen molar-refractivity contribution in [3.05, 3.63) is 66.8 Å². The fourth-order valence-corrected chi connectivity index (χ4v) is 5.13. The van der Waals surface area contributed by atoms with Gasteiger partial charge in [-0.2, -0.15) is 9.67 Å². The number of hydrogen-bond acceptors (Lipinski definition) is 9. The minimum absolute atomic E-state index is 0.0937. The highest BCUT2D eigenvalue weighted by Crippen LogP contribution is 2.37. The van der Waals surface area contributed by atoms with Crippen molar-refractivity contribution in [2.24, 2.45) is 5.73 Å². The number of ether oxygens (including phenoxy) is 1. The quantitative estimate of drug-likeness (QED) is 0.354. The van der Waals surface area contributed by atoms with Crippen molar-refractivity contribution >= 4 is 22.6 Å². The van der Waals surface area contributed by atoms with Crippen molar-refractivity contribution in [3.8, 4) is 34.1 Å². The van der Waals surface area contributed by atoms with Gasteiger partial charge in [-0.1, -0.05) is 5.21 Å². The van der Waals surface area contributed by atoms with Gasteiger partial charge in [0.15, 0.2) is 11.6 Å². The summed E-state index contributed by atoms with van der Waals surface area (Å²) in [5.41, 5.74) is 17.6. The zero-order valence-electron chi connectivity index (χ0n) is 20.7. The van der Waals surface area contributed by atoms with Crippen LogP contribution >= 0.6 is 0 Å². The van der Waals surface area contributed by atoms with Gasteiger partial charge in [-0.3, -0.25) is 0 Å². The van der Waals surface area contributed by atoms with E-state index in [1.165, 1.54) is 0 Å². The van der Waals surface area contributed by atoms with Gasteiger partial charge in [0.2, 0.25) is 5.95 Å². The van der Waals surface area contributed by atoms with Gasteiger partial charge in [0, 0.05) is 35.8 Å². The van der Waals surface area contributed by atoms with E-state index in [1.54, 1.807) is 10.9 Å². The van der Waals surface area contributed by atoms with Gasteiger partial charge in [-0.15, -0.1) is 5.10 Å². The Morgan fingerprint density at radius 2 is 2.03 bits per heavy atom. The number of nitrogen functional groups attached to an aromatic ring is 1. The molecule has 190 valence electrons. The van der Waals surface area contributed by atoms with Crippen molar-refractivity contribution in [1.82, 2.24) is 34.3 Å². The van der Waals surface area contributed by atoms with E-state index in [0.29, 0.717) is 28.4 Å². The first-order valence-electron chi connectivity index (χ1n) is 12.5. The third kappa shape index (κ3) is 3.75. The van der Waals surface area contributed by atoms with Crippen LogP contribution in [0.1, 0.15) is 25.0 Å². The average molecular weight is 508 g/mol. The van der Waals surface area contributed by atoms with Crippen LogP contribution in [0.4, 0.5) is 5.95 Å². The molecule has 1 aliphatic carbocycles. The van der Waals surface area contributed by atoms with Crippen LogP contribution < -0.4 is 16.2 Å². The summed E-state index contributed by atoms with van der Waals surface area (Å²) in [5, 5.41) is 8.89. The molecule has 11 nitrogen and oxygen atoms in total. The second kappa shape index (κ2) is 8.67. The van der Waals surface area contributed by atoms with Crippen molar-refractivity contribution in [2.45, 2.75) is 38.3 Å². The summed E-state index contributed by atoms with van der Waals surface area (Å²) in [5.74, 6) is 1.88. The number of aromatic nitrogens is 7. The highest BCUT2D eigenvalue weighted by atomic mass is 16.5. The number of imidazole rings is 1.